The van der Waals surface area contributed by atoms with E-state index in [1.807, 2.05) is 38.1 Å². The minimum atomic E-state index is -0.978. The van der Waals surface area contributed by atoms with E-state index in [0.29, 0.717) is 19.4 Å². The summed E-state index contributed by atoms with van der Waals surface area (Å²) in [6, 6.07) is 6.79. The number of rotatable bonds is 5. The van der Waals surface area contributed by atoms with Crippen LogP contribution in [0, 0.1) is 5.92 Å². The second kappa shape index (κ2) is 11.9. The molecule has 0 saturated carbocycles. The smallest absolute Gasteiger partial charge is 0.432 e. The first kappa shape index (κ1) is 23.4. The Morgan fingerprint density at radius 1 is 1.28 bits per heavy atom. The third kappa shape index (κ3) is 7.87. The van der Waals surface area contributed by atoms with Crippen LogP contribution < -0.4 is 10.6 Å². The van der Waals surface area contributed by atoms with Gasteiger partial charge in [0.05, 0.1) is 6.04 Å². The van der Waals surface area contributed by atoms with E-state index in [4.69, 9.17) is 10.0 Å². The van der Waals surface area contributed by atoms with Crippen LogP contribution in [0.15, 0.2) is 24.3 Å². The molecule has 0 aliphatic carbocycles. The number of aliphatic carboxylic acids is 1. The molecule has 1 aliphatic rings. The van der Waals surface area contributed by atoms with Gasteiger partial charge in [-0.05, 0) is 29.9 Å². The standard InChI is InChI=1S/C16H22N2O3.BH3O2.ClH/c1-10(2)7-14(16(20)21)18-15(19)13-8-11-5-3-4-6-12(11)9-17-13;2-1-3;/h3-6,10,13-14,17H,7-9H2,1-2H3,(H,18,19)(H,20,21);1-3H;1H/t13?,14-;;/m0../s1. The van der Waals surface area contributed by atoms with Crippen molar-refractivity contribution in [2.24, 2.45) is 5.92 Å². The second-order valence-electron chi connectivity index (χ2n) is 6.08. The van der Waals surface area contributed by atoms with Gasteiger partial charge in [-0.1, -0.05) is 38.1 Å². The maximum Gasteiger partial charge on any atom is 0.432 e. The van der Waals surface area contributed by atoms with Gasteiger partial charge in [0.1, 0.15) is 6.04 Å². The largest absolute Gasteiger partial charge is 0.480 e. The third-order valence-electron chi connectivity index (χ3n) is 3.72. The van der Waals surface area contributed by atoms with Crippen molar-refractivity contribution in [1.29, 1.82) is 0 Å². The van der Waals surface area contributed by atoms with Crippen molar-refractivity contribution in [3.05, 3.63) is 35.4 Å². The summed E-state index contributed by atoms with van der Waals surface area (Å²) in [5, 5.41) is 29.3. The summed E-state index contributed by atoms with van der Waals surface area (Å²) in [5.74, 6) is -1.00. The summed E-state index contributed by atoms with van der Waals surface area (Å²) in [6.07, 6.45) is 1.03. The molecule has 2 atom stereocenters. The Hall–Kier alpha value is -1.61. The fraction of sp³-hybridized carbons (Fsp3) is 0.500. The zero-order chi connectivity index (χ0) is 18.1. The van der Waals surface area contributed by atoms with Crippen LogP contribution in [-0.4, -0.2) is 46.8 Å². The summed E-state index contributed by atoms with van der Waals surface area (Å²) >= 11 is 0. The Labute approximate surface area is 154 Å². The van der Waals surface area contributed by atoms with Gasteiger partial charge in [0.15, 0.2) is 0 Å². The van der Waals surface area contributed by atoms with Crippen molar-refractivity contribution in [2.45, 2.75) is 45.3 Å². The average molecular weight is 373 g/mol. The molecule has 0 bridgehead atoms. The van der Waals surface area contributed by atoms with Gasteiger partial charge in [-0.2, -0.15) is 0 Å². The molecule has 25 heavy (non-hydrogen) atoms. The number of carbonyl (C=O) groups excluding carboxylic acids is 1. The molecule has 1 aromatic rings. The molecule has 140 valence electrons. The Morgan fingerprint density at radius 2 is 1.84 bits per heavy atom. The SMILES string of the molecule is CC(C)C[C@H](NC(=O)C1Cc2ccccc2CN1)C(=O)O.Cl.OBO. The highest BCUT2D eigenvalue weighted by Crippen LogP contribution is 2.16. The number of carbonyl (C=O) groups is 2. The number of halogens is 1. The number of amides is 1. The molecule has 0 saturated heterocycles. The number of benzene rings is 1. The molecule has 0 aromatic heterocycles. The van der Waals surface area contributed by atoms with Gasteiger partial charge in [-0.3, -0.25) is 4.79 Å². The molecule has 9 heteroatoms. The second-order valence-corrected chi connectivity index (χ2v) is 6.08. The van der Waals surface area contributed by atoms with Crippen LogP contribution >= 0.6 is 12.4 Å². The van der Waals surface area contributed by atoms with Gasteiger partial charge < -0.3 is 25.8 Å². The molecule has 0 radical (unpaired) electrons. The number of fused-ring (bicyclic) bond motifs is 1. The van der Waals surface area contributed by atoms with Crippen LogP contribution in [0.3, 0.4) is 0 Å². The number of hydrogen-bond donors (Lipinski definition) is 5. The molecule has 7 nitrogen and oxygen atoms in total. The number of carboxylic acids is 1. The predicted octanol–water partition coefficient (Wildman–Crippen LogP) is -0.0243. The van der Waals surface area contributed by atoms with Crippen LogP contribution in [-0.2, 0) is 22.6 Å². The van der Waals surface area contributed by atoms with Crippen molar-refractivity contribution >= 4 is 32.0 Å². The Kier molecular flexibility index (Phi) is 11.1. The van der Waals surface area contributed by atoms with Gasteiger partial charge in [-0.25, -0.2) is 4.79 Å². The van der Waals surface area contributed by atoms with Crippen LogP contribution in [0.25, 0.3) is 0 Å². The predicted molar refractivity (Wildman–Crippen MR) is 98.6 cm³/mol. The van der Waals surface area contributed by atoms with Crippen molar-refractivity contribution in [2.75, 3.05) is 0 Å². The van der Waals surface area contributed by atoms with Crippen molar-refractivity contribution in [1.82, 2.24) is 10.6 Å². The maximum atomic E-state index is 12.3. The van der Waals surface area contributed by atoms with E-state index in [1.54, 1.807) is 0 Å². The lowest BCUT2D eigenvalue weighted by atomic mass is 9.95. The summed E-state index contributed by atoms with van der Waals surface area (Å²) in [7, 11) is -0.750. The zero-order valence-corrected chi connectivity index (χ0v) is 15.3. The summed E-state index contributed by atoms with van der Waals surface area (Å²) in [4.78, 5) is 23.5. The lowest BCUT2D eigenvalue weighted by Gasteiger charge is -2.27. The molecule has 1 heterocycles. The average Bonchev–Trinajstić information content (AvgIpc) is 2.54. The lowest BCUT2D eigenvalue weighted by molar-refractivity contribution is -0.142. The van der Waals surface area contributed by atoms with Gasteiger partial charge in [-0.15, -0.1) is 12.4 Å². The third-order valence-corrected chi connectivity index (χ3v) is 3.72. The monoisotopic (exact) mass is 372 g/mol. The summed E-state index contributed by atoms with van der Waals surface area (Å²) in [5.41, 5.74) is 2.34. The fourth-order valence-electron chi connectivity index (χ4n) is 2.60. The normalized spacial score (nSPS) is 16.4. The van der Waals surface area contributed by atoms with E-state index < -0.39 is 19.7 Å². The fourth-order valence-corrected chi connectivity index (χ4v) is 2.60. The number of nitrogens with one attached hydrogen (secondary N) is 2. The van der Waals surface area contributed by atoms with Crippen LogP contribution in [0.1, 0.15) is 31.4 Å². The molecule has 0 fully saturated rings. The van der Waals surface area contributed by atoms with E-state index >= 15 is 0 Å². The molecule has 1 unspecified atom stereocenters. The van der Waals surface area contributed by atoms with Crippen molar-refractivity contribution < 1.29 is 24.7 Å². The number of hydrogen-bond acceptors (Lipinski definition) is 5. The van der Waals surface area contributed by atoms with Crippen LogP contribution in [0.5, 0.6) is 0 Å². The topological polar surface area (TPSA) is 119 Å². The van der Waals surface area contributed by atoms with Crippen LogP contribution in [0.4, 0.5) is 0 Å². The van der Waals surface area contributed by atoms with Gasteiger partial charge in [0.2, 0.25) is 5.91 Å². The maximum absolute atomic E-state index is 12.3. The molecular formula is C16H26BClN2O5. The Morgan fingerprint density at radius 3 is 2.36 bits per heavy atom. The van der Waals surface area contributed by atoms with Gasteiger partial charge in [0.25, 0.3) is 0 Å². The van der Waals surface area contributed by atoms with Crippen LogP contribution in [0.2, 0.25) is 0 Å². The van der Waals surface area contributed by atoms with E-state index in [0.717, 1.165) is 5.56 Å². The van der Waals surface area contributed by atoms with E-state index in [-0.39, 0.29) is 30.3 Å². The molecule has 0 spiro atoms. The Balaban J connectivity index is 0.00000134. The minimum Gasteiger partial charge on any atom is -0.480 e. The number of carboxylic acid groups (broad SMARTS) is 1. The molecular weight excluding hydrogens is 346 g/mol. The van der Waals surface area contributed by atoms with Gasteiger partial charge >= 0.3 is 13.7 Å². The van der Waals surface area contributed by atoms with Gasteiger partial charge in [0, 0.05) is 6.54 Å². The highest BCUT2D eigenvalue weighted by Gasteiger charge is 2.28. The first-order chi connectivity index (χ1) is 11.4. The summed E-state index contributed by atoms with van der Waals surface area (Å²) in [6.45, 7) is 4.52. The summed E-state index contributed by atoms with van der Waals surface area (Å²) < 4.78 is 0. The van der Waals surface area contributed by atoms with Crippen molar-refractivity contribution in [3.8, 4) is 0 Å². The van der Waals surface area contributed by atoms with E-state index in [2.05, 4.69) is 10.6 Å². The highest BCUT2D eigenvalue weighted by atomic mass is 35.5. The molecule has 2 rings (SSSR count). The van der Waals surface area contributed by atoms with E-state index in [9.17, 15) is 14.7 Å². The molecule has 1 aliphatic heterocycles. The molecule has 5 N–H and O–H groups in total. The zero-order valence-electron chi connectivity index (χ0n) is 14.4. The lowest BCUT2D eigenvalue weighted by Crippen LogP contribution is -2.52. The minimum absolute atomic E-state index is 0. The molecule has 1 aromatic carbocycles. The first-order valence-electron chi connectivity index (χ1n) is 7.94. The van der Waals surface area contributed by atoms with Crippen molar-refractivity contribution in [3.63, 3.8) is 0 Å². The highest BCUT2D eigenvalue weighted by molar-refractivity contribution is 6.13. The Bertz CT molecular complexity index is 559. The van der Waals surface area contributed by atoms with E-state index in [1.165, 1.54) is 5.56 Å². The first-order valence-corrected chi connectivity index (χ1v) is 7.94. The quantitative estimate of drug-likeness (QED) is 0.463. The molecule has 1 amide bonds.